The van der Waals surface area contributed by atoms with Gasteiger partial charge in [-0.2, -0.15) is 0 Å². The fourth-order valence-electron chi connectivity index (χ4n) is 1.72. The number of halogens is 2. The molecule has 0 saturated carbocycles. The van der Waals surface area contributed by atoms with Crippen LogP contribution in [0, 0.1) is 0 Å². The highest BCUT2D eigenvalue weighted by atomic mass is 79.9. The van der Waals surface area contributed by atoms with E-state index in [-0.39, 0.29) is 0 Å². The molecule has 0 bridgehead atoms. The molecule has 0 fully saturated rings. The van der Waals surface area contributed by atoms with Crippen LogP contribution in [0.3, 0.4) is 0 Å². The normalized spacial score (nSPS) is 11.0. The minimum absolute atomic E-state index is 0.445. The molecule has 4 nitrogen and oxygen atoms in total. The van der Waals surface area contributed by atoms with Crippen LogP contribution in [0.2, 0.25) is 5.02 Å². The summed E-state index contributed by atoms with van der Waals surface area (Å²) in [6.07, 6.45) is 0. The summed E-state index contributed by atoms with van der Waals surface area (Å²) in [5, 5.41) is 0.615. The molecule has 0 atom stereocenters. The molecular formula is C12H8BrClN4. The second-order valence-electron chi connectivity index (χ2n) is 3.79. The number of hydrogen-bond donors (Lipinski definition) is 2. The van der Waals surface area contributed by atoms with Gasteiger partial charge in [0.25, 0.3) is 0 Å². The molecule has 6 heteroatoms. The van der Waals surface area contributed by atoms with Crippen LogP contribution >= 0.6 is 27.5 Å². The summed E-state index contributed by atoms with van der Waals surface area (Å²) in [6.45, 7) is 0. The fourth-order valence-corrected chi connectivity index (χ4v) is 2.30. The first-order valence-corrected chi connectivity index (χ1v) is 6.39. The number of aromatic nitrogens is 3. The first-order valence-electron chi connectivity index (χ1n) is 5.22. The van der Waals surface area contributed by atoms with Gasteiger partial charge in [-0.3, -0.25) is 0 Å². The van der Waals surface area contributed by atoms with Crippen molar-refractivity contribution in [2.45, 2.75) is 0 Å². The van der Waals surface area contributed by atoms with E-state index in [1.165, 1.54) is 0 Å². The van der Waals surface area contributed by atoms with Crippen LogP contribution in [0.4, 0.5) is 5.82 Å². The Hall–Kier alpha value is -1.59. The van der Waals surface area contributed by atoms with Gasteiger partial charge < -0.3 is 10.7 Å². The van der Waals surface area contributed by atoms with E-state index in [1.807, 2.05) is 24.3 Å². The number of nitrogens with two attached hydrogens (primary N) is 1. The number of hydrogen-bond acceptors (Lipinski definition) is 3. The lowest BCUT2D eigenvalue weighted by Crippen LogP contribution is -1.88. The van der Waals surface area contributed by atoms with Crippen LogP contribution in [-0.2, 0) is 0 Å². The maximum atomic E-state index is 6.23. The Morgan fingerprint density at radius 1 is 1.17 bits per heavy atom. The fraction of sp³-hybridized carbons (Fsp3) is 0. The summed E-state index contributed by atoms with van der Waals surface area (Å²) in [7, 11) is 0. The molecule has 0 radical (unpaired) electrons. The number of nitrogens with zero attached hydrogens (tertiary/aromatic N) is 2. The Morgan fingerprint density at radius 3 is 2.83 bits per heavy atom. The maximum absolute atomic E-state index is 6.23. The summed E-state index contributed by atoms with van der Waals surface area (Å²) in [6, 6.07) is 9.26. The Morgan fingerprint density at radius 2 is 2.00 bits per heavy atom. The molecule has 3 N–H and O–H groups in total. The summed E-state index contributed by atoms with van der Waals surface area (Å²) >= 11 is 9.62. The van der Waals surface area contributed by atoms with Crippen molar-refractivity contribution < 1.29 is 0 Å². The lowest BCUT2D eigenvalue weighted by atomic mass is 10.2. The number of rotatable bonds is 1. The van der Waals surface area contributed by atoms with Crippen molar-refractivity contribution in [3.8, 4) is 11.4 Å². The number of nitrogens with one attached hydrogen (secondary N) is 1. The Bertz CT molecular complexity index is 738. The van der Waals surface area contributed by atoms with Crippen molar-refractivity contribution in [3.63, 3.8) is 0 Å². The van der Waals surface area contributed by atoms with Crippen LogP contribution in [0.1, 0.15) is 0 Å². The quantitative estimate of drug-likeness (QED) is 0.718. The van der Waals surface area contributed by atoms with Gasteiger partial charge in [-0.1, -0.05) is 17.7 Å². The minimum Gasteiger partial charge on any atom is -0.384 e. The lowest BCUT2D eigenvalue weighted by molar-refractivity contribution is 1.30. The number of aromatic amines is 1. The predicted octanol–water partition coefficient (Wildman–Crippen LogP) is 3.62. The van der Waals surface area contributed by atoms with Crippen molar-refractivity contribution in [1.82, 2.24) is 15.0 Å². The topological polar surface area (TPSA) is 67.6 Å². The largest absolute Gasteiger partial charge is 0.384 e. The lowest BCUT2D eigenvalue weighted by Gasteiger charge is -2.01. The van der Waals surface area contributed by atoms with Crippen molar-refractivity contribution in [3.05, 3.63) is 39.8 Å². The molecule has 0 spiro atoms. The molecule has 0 amide bonds. The van der Waals surface area contributed by atoms with E-state index in [2.05, 4.69) is 30.9 Å². The van der Waals surface area contributed by atoms with Crippen LogP contribution in [0.25, 0.3) is 22.6 Å². The molecule has 0 aliphatic carbocycles. The van der Waals surface area contributed by atoms with Gasteiger partial charge in [0.05, 0.1) is 10.5 Å². The van der Waals surface area contributed by atoms with E-state index in [9.17, 15) is 0 Å². The first kappa shape index (κ1) is 11.5. The highest BCUT2D eigenvalue weighted by molar-refractivity contribution is 9.10. The monoisotopic (exact) mass is 322 g/mol. The van der Waals surface area contributed by atoms with E-state index < -0.39 is 0 Å². The van der Waals surface area contributed by atoms with Gasteiger partial charge in [0.1, 0.15) is 11.6 Å². The third-order valence-electron chi connectivity index (χ3n) is 2.57. The predicted molar refractivity (Wildman–Crippen MR) is 76.4 cm³/mol. The van der Waals surface area contributed by atoms with Crippen LogP contribution < -0.4 is 5.73 Å². The van der Waals surface area contributed by atoms with Crippen molar-refractivity contribution >= 4 is 44.5 Å². The third kappa shape index (κ3) is 1.85. The number of nitrogen functional groups attached to an aromatic ring is 1. The van der Waals surface area contributed by atoms with E-state index in [1.54, 1.807) is 6.07 Å². The summed E-state index contributed by atoms with van der Waals surface area (Å²) in [5.41, 5.74) is 7.86. The van der Waals surface area contributed by atoms with Gasteiger partial charge in [-0.05, 0) is 40.2 Å². The number of benzene rings is 1. The molecule has 90 valence electrons. The van der Waals surface area contributed by atoms with Crippen LogP contribution in [0.15, 0.2) is 34.8 Å². The standard InChI is InChI=1S/C12H8BrClN4/c13-7-3-1-2-6(10(7)14)11-16-8-4-5-9(15)17-12(8)18-11/h1-5H,(H3,15,16,17,18). The van der Waals surface area contributed by atoms with Crippen molar-refractivity contribution in [2.24, 2.45) is 0 Å². The average Bonchev–Trinajstić information content (AvgIpc) is 2.75. The van der Waals surface area contributed by atoms with E-state index in [4.69, 9.17) is 17.3 Å². The number of imidazole rings is 1. The molecule has 3 aromatic rings. The van der Waals surface area contributed by atoms with Crippen LogP contribution in [0.5, 0.6) is 0 Å². The summed E-state index contributed by atoms with van der Waals surface area (Å²) in [4.78, 5) is 11.7. The molecule has 0 aliphatic rings. The van der Waals surface area contributed by atoms with E-state index in [0.29, 0.717) is 22.3 Å². The molecule has 0 aliphatic heterocycles. The van der Waals surface area contributed by atoms with Gasteiger partial charge >= 0.3 is 0 Å². The van der Waals surface area contributed by atoms with Gasteiger partial charge in [0, 0.05) is 10.0 Å². The minimum atomic E-state index is 0.445. The summed E-state index contributed by atoms with van der Waals surface area (Å²) in [5.74, 6) is 1.12. The molecule has 2 aromatic heterocycles. The van der Waals surface area contributed by atoms with Gasteiger partial charge in [-0.15, -0.1) is 0 Å². The maximum Gasteiger partial charge on any atom is 0.180 e. The second-order valence-corrected chi connectivity index (χ2v) is 5.03. The molecule has 1 aromatic carbocycles. The van der Waals surface area contributed by atoms with Crippen molar-refractivity contribution in [2.75, 3.05) is 5.73 Å². The smallest absolute Gasteiger partial charge is 0.180 e. The van der Waals surface area contributed by atoms with E-state index >= 15 is 0 Å². The summed E-state index contributed by atoms with van der Waals surface area (Å²) < 4.78 is 0.828. The Labute approximate surface area is 116 Å². The molecule has 3 rings (SSSR count). The van der Waals surface area contributed by atoms with Crippen molar-refractivity contribution in [1.29, 1.82) is 0 Å². The average molecular weight is 324 g/mol. The van der Waals surface area contributed by atoms with Crippen LogP contribution in [-0.4, -0.2) is 15.0 Å². The first-order chi connectivity index (χ1) is 8.65. The molecule has 0 saturated heterocycles. The zero-order valence-electron chi connectivity index (χ0n) is 9.11. The van der Waals surface area contributed by atoms with E-state index in [0.717, 1.165) is 15.6 Å². The number of fused-ring (bicyclic) bond motifs is 1. The zero-order chi connectivity index (χ0) is 12.7. The zero-order valence-corrected chi connectivity index (χ0v) is 11.5. The Kier molecular flexibility index (Phi) is 2.72. The SMILES string of the molecule is Nc1ccc2[nH]c(-c3cccc(Br)c3Cl)nc2n1. The van der Waals surface area contributed by atoms with Gasteiger partial charge in [-0.25, -0.2) is 9.97 Å². The number of H-pyrrole nitrogens is 1. The highest BCUT2D eigenvalue weighted by Crippen LogP contribution is 2.32. The second kappa shape index (κ2) is 4.26. The number of anilines is 1. The molecule has 2 heterocycles. The third-order valence-corrected chi connectivity index (χ3v) is 3.87. The Balaban J connectivity index is 2.22. The van der Waals surface area contributed by atoms with Gasteiger partial charge in [0.15, 0.2) is 5.65 Å². The molecule has 0 unspecified atom stereocenters. The van der Waals surface area contributed by atoms with Gasteiger partial charge in [0.2, 0.25) is 0 Å². The molecular weight excluding hydrogens is 316 g/mol. The molecule has 18 heavy (non-hydrogen) atoms. The number of pyridine rings is 1. The highest BCUT2D eigenvalue weighted by Gasteiger charge is 2.11.